The number of hydrogen-bond donors (Lipinski definition) is 1. The molecule has 1 atom stereocenters. The first-order valence-electron chi connectivity index (χ1n) is 8.95. The number of anilines is 2. The number of benzene rings is 2. The minimum Gasteiger partial charge on any atom is -0.496 e. The van der Waals surface area contributed by atoms with Crippen LogP contribution in [0, 0.1) is 16.0 Å². The fourth-order valence-electron chi connectivity index (χ4n) is 3.17. The van der Waals surface area contributed by atoms with Gasteiger partial charge in [0.15, 0.2) is 0 Å². The summed E-state index contributed by atoms with van der Waals surface area (Å²) in [6, 6.07) is 11.8. The van der Waals surface area contributed by atoms with Crippen molar-refractivity contribution in [2.24, 2.45) is 5.92 Å². The van der Waals surface area contributed by atoms with Gasteiger partial charge in [-0.1, -0.05) is 19.1 Å². The highest BCUT2D eigenvalue weighted by Gasteiger charge is 2.35. The number of hydrogen-bond acceptors (Lipinski definition) is 5. The maximum absolute atomic E-state index is 12.6. The third-order valence-corrected chi connectivity index (χ3v) is 4.81. The number of rotatable bonds is 6. The van der Waals surface area contributed by atoms with Gasteiger partial charge in [-0.2, -0.15) is 0 Å². The summed E-state index contributed by atoms with van der Waals surface area (Å²) in [5.74, 6) is -0.828. The van der Waals surface area contributed by atoms with Gasteiger partial charge in [0.1, 0.15) is 11.4 Å². The van der Waals surface area contributed by atoms with Crippen molar-refractivity contribution in [3.63, 3.8) is 0 Å². The highest BCUT2D eigenvalue weighted by Crippen LogP contribution is 2.31. The van der Waals surface area contributed by atoms with E-state index in [0.29, 0.717) is 5.75 Å². The van der Waals surface area contributed by atoms with E-state index in [2.05, 4.69) is 12.2 Å². The lowest BCUT2D eigenvalue weighted by Gasteiger charge is -2.17. The zero-order valence-electron chi connectivity index (χ0n) is 15.7. The van der Waals surface area contributed by atoms with E-state index in [1.54, 1.807) is 4.90 Å². The minimum atomic E-state index is -0.584. The van der Waals surface area contributed by atoms with Gasteiger partial charge in [0.25, 0.3) is 5.69 Å². The van der Waals surface area contributed by atoms with Crippen LogP contribution in [0.3, 0.4) is 0 Å². The van der Waals surface area contributed by atoms with E-state index < -0.39 is 16.7 Å². The third-order valence-electron chi connectivity index (χ3n) is 4.81. The van der Waals surface area contributed by atoms with Crippen molar-refractivity contribution in [1.82, 2.24) is 0 Å². The summed E-state index contributed by atoms with van der Waals surface area (Å²) in [7, 11) is 1.41. The molecule has 1 N–H and O–H groups in total. The molecular formula is C20H21N3O5. The normalized spacial score (nSPS) is 16.1. The van der Waals surface area contributed by atoms with Crippen LogP contribution in [0.5, 0.6) is 5.75 Å². The number of methoxy groups -OCH3 is 1. The molecule has 2 aromatic carbocycles. The van der Waals surface area contributed by atoms with E-state index in [1.807, 2.05) is 24.3 Å². The van der Waals surface area contributed by atoms with E-state index in [-0.39, 0.29) is 30.2 Å². The van der Waals surface area contributed by atoms with Crippen molar-refractivity contribution in [2.45, 2.75) is 19.8 Å². The van der Waals surface area contributed by atoms with E-state index >= 15 is 0 Å². The molecule has 1 saturated heterocycles. The van der Waals surface area contributed by atoms with Crippen LogP contribution in [0.15, 0.2) is 42.5 Å². The molecule has 0 unspecified atom stereocenters. The van der Waals surface area contributed by atoms with Crippen molar-refractivity contribution in [3.05, 3.63) is 58.1 Å². The molecule has 8 nitrogen and oxygen atoms in total. The molecule has 0 aromatic heterocycles. The second kappa shape index (κ2) is 8.08. The molecular weight excluding hydrogens is 362 g/mol. The van der Waals surface area contributed by atoms with Crippen LogP contribution < -0.4 is 15.0 Å². The summed E-state index contributed by atoms with van der Waals surface area (Å²) in [5.41, 5.74) is 1.72. The zero-order valence-corrected chi connectivity index (χ0v) is 15.7. The molecule has 1 fully saturated rings. The van der Waals surface area contributed by atoms with Crippen LogP contribution in [-0.2, 0) is 16.0 Å². The maximum Gasteiger partial charge on any atom is 0.296 e. The van der Waals surface area contributed by atoms with Gasteiger partial charge >= 0.3 is 0 Å². The van der Waals surface area contributed by atoms with Crippen molar-refractivity contribution < 1.29 is 19.2 Å². The Morgan fingerprint density at radius 3 is 2.61 bits per heavy atom. The van der Waals surface area contributed by atoms with Crippen molar-refractivity contribution >= 4 is 28.9 Å². The first kappa shape index (κ1) is 19.3. The largest absolute Gasteiger partial charge is 0.496 e. The lowest BCUT2D eigenvalue weighted by atomic mass is 10.1. The predicted molar refractivity (Wildman–Crippen MR) is 105 cm³/mol. The molecule has 0 spiro atoms. The number of aryl methyl sites for hydroxylation is 1. The van der Waals surface area contributed by atoms with Gasteiger partial charge in [0, 0.05) is 18.7 Å². The zero-order chi connectivity index (χ0) is 20.3. The molecule has 0 saturated carbocycles. The predicted octanol–water partition coefficient (Wildman–Crippen LogP) is 3.16. The van der Waals surface area contributed by atoms with Crippen LogP contribution in [0.25, 0.3) is 0 Å². The maximum atomic E-state index is 12.6. The van der Waals surface area contributed by atoms with Crippen molar-refractivity contribution in [3.8, 4) is 5.75 Å². The SMILES string of the molecule is CCc1ccc(N2C[C@H](C(=O)Nc3ccc(OC)cc3[N+](=O)[O-])CC2=O)cc1. The Labute approximate surface area is 162 Å². The lowest BCUT2D eigenvalue weighted by Crippen LogP contribution is -2.28. The Balaban J connectivity index is 1.73. The molecule has 0 radical (unpaired) electrons. The molecule has 8 heteroatoms. The summed E-state index contributed by atoms with van der Waals surface area (Å²) in [6.07, 6.45) is 0.964. The molecule has 1 aliphatic rings. The highest BCUT2D eigenvalue weighted by atomic mass is 16.6. The van der Waals surface area contributed by atoms with Gasteiger partial charge < -0.3 is 15.0 Å². The average Bonchev–Trinajstić information content (AvgIpc) is 3.10. The molecule has 1 heterocycles. The first-order valence-corrected chi connectivity index (χ1v) is 8.95. The van der Waals surface area contributed by atoms with E-state index in [0.717, 1.165) is 17.7 Å². The third kappa shape index (κ3) is 3.95. The Morgan fingerprint density at radius 2 is 2.00 bits per heavy atom. The quantitative estimate of drug-likeness (QED) is 0.610. The molecule has 0 bridgehead atoms. The number of nitro groups is 1. The Morgan fingerprint density at radius 1 is 1.29 bits per heavy atom. The summed E-state index contributed by atoms with van der Waals surface area (Å²) < 4.78 is 4.99. The number of carbonyl (C=O) groups is 2. The average molecular weight is 383 g/mol. The van der Waals surface area contributed by atoms with Crippen LogP contribution in [0.1, 0.15) is 18.9 Å². The number of carbonyl (C=O) groups excluding carboxylic acids is 2. The Hall–Kier alpha value is -3.42. The summed E-state index contributed by atoms with van der Waals surface area (Å²) in [6.45, 7) is 2.29. The van der Waals surface area contributed by atoms with E-state index in [9.17, 15) is 19.7 Å². The molecule has 3 rings (SSSR count). The monoisotopic (exact) mass is 383 g/mol. The molecule has 0 aliphatic carbocycles. The number of nitrogens with zero attached hydrogens (tertiary/aromatic N) is 2. The molecule has 2 aromatic rings. The van der Waals surface area contributed by atoms with Gasteiger partial charge in [-0.15, -0.1) is 0 Å². The van der Waals surface area contributed by atoms with Crippen LogP contribution in [-0.4, -0.2) is 30.4 Å². The van der Waals surface area contributed by atoms with E-state index in [4.69, 9.17) is 4.74 Å². The number of amides is 2. The Bertz CT molecular complexity index is 911. The van der Waals surface area contributed by atoms with Gasteiger partial charge in [0.05, 0.1) is 24.0 Å². The number of nitro benzene ring substituents is 1. The summed E-state index contributed by atoms with van der Waals surface area (Å²) in [4.78, 5) is 37.3. The molecule has 146 valence electrons. The minimum absolute atomic E-state index is 0.0608. The smallest absolute Gasteiger partial charge is 0.296 e. The number of ether oxygens (including phenoxy) is 1. The summed E-state index contributed by atoms with van der Waals surface area (Å²) >= 11 is 0. The fourth-order valence-corrected chi connectivity index (χ4v) is 3.17. The second-order valence-electron chi connectivity index (χ2n) is 6.55. The molecule has 1 aliphatic heterocycles. The molecule has 28 heavy (non-hydrogen) atoms. The van der Waals surface area contributed by atoms with Gasteiger partial charge in [-0.25, -0.2) is 0 Å². The first-order chi connectivity index (χ1) is 13.4. The van der Waals surface area contributed by atoms with Gasteiger partial charge in [-0.3, -0.25) is 19.7 Å². The van der Waals surface area contributed by atoms with Crippen molar-refractivity contribution in [2.75, 3.05) is 23.9 Å². The van der Waals surface area contributed by atoms with Crippen LogP contribution in [0.2, 0.25) is 0 Å². The fraction of sp³-hybridized carbons (Fsp3) is 0.300. The standard InChI is InChI=1S/C20H21N3O5/c1-3-13-4-6-15(7-5-13)22-12-14(10-19(22)24)20(25)21-17-9-8-16(28-2)11-18(17)23(26)27/h4-9,11,14H,3,10,12H2,1-2H3,(H,21,25)/t14-/m1/s1. The molecule has 2 amide bonds. The second-order valence-corrected chi connectivity index (χ2v) is 6.55. The number of nitrogens with one attached hydrogen (secondary N) is 1. The van der Waals surface area contributed by atoms with Gasteiger partial charge in [0.2, 0.25) is 11.8 Å². The Kier molecular flexibility index (Phi) is 5.58. The lowest BCUT2D eigenvalue weighted by molar-refractivity contribution is -0.384. The van der Waals surface area contributed by atoms with E-state index in [1.165, 1.54) is 25.3 Å². The van der Waals surface area contributed by atoms with Crippen LogP contribution in [0.4, 0.5) is 17.1 Å². The van der Waals surface area contributed by atoms with Crippen molar-refractivity contribution in [1.29, 1.82) is 0 Å². The van der Waals surface area contributed by atoms with Crippen LogP contribution >= 0.6 is 0 Å². The highest BCUT2D eigenvalue weighted by molar-refractivity contribution is 6.04. The topological polar surface area (TPSA) is 102 Å². The summed E-state index contributed by atoms with van der Waals surface area (Å²) in [5, 5.41) is 13.9. The van der Waals surface area contributed by atoms with Gasteiger partial charge in [-0.05, 0) is 36.2 Å².